The lowest BCUT2D eigenvalue weighted by molar-refractivity contribution is -0.144. The lowest BCUT2D eigenvalue weighted by Crippen LogP contribution is -2.30. The molecule has 4 nitrogen and oxygen atoms in total. The molecule has 2 rings (SSSR count). The van der Waals surface area contributed by atoms with E-state index in [2.05, 4.69) is 5.32 Å². The number of esters is 1. The Balaban J connectivity index is 1.78. The Morgan fingerprint density at radius 2 is 1.92 bits per heavy atom. The highest BCUT2D eigenvalue weighted by molar-refractivity contribution is 5.89. The van der Waals surface area contributed by atoms with E-state index in [1.165, 1.54) is 18.2 Å². The third-order valence-corrected chi connectivity index (χ3v) is 3.28. The average Bonchev–Trinajstić information content (AvgIpc) is 2.59. The molecule has 0 spiro atoms. The van der Waals surface area contributed by atoms with E-state index in [1.54, 1.807) is 12.1 Å². The van der Waals surface area contributed by atoms with Gasteiger partial charge < -0.3 is 10.1 Å². The summed E-state index contributed by atoms with van der Waals surface area (Å²) in [4.78, 5) is 23.4. The minimum atomic E-state index is -0.665. The summed E-state index contributed by atoms with van der Waals surface area (Å²) >= 11 is 0. The predicted octanol–water partition coefficient (Wildman–Crippen LogP) is 3.26. The molecule has 0 radical (unpaired) electrons. The molecule has 124 valence electrons. The van der Waals surface area contributed by atoms with Gasteiger partial charge in [-0.1, -0.05) is 42.5 Å². The number of ether oxygens (including phenoxy) is 1. The topological polar surface area (TPSA) is 55.4 Å². The SMILES string of the molecule is CC(NC(=O)COC(=O)/C=C/c1cccc(F)c1)c1ccccc1. The zero-order valence-electron chi connectivity index (χ0n) is 13.2. The largest absolute Gasteiger partial charge is 0.452 e. The Hall–Kier alpha value is -2.95. The summed E-state index contributed by atoms with van der Waals surface area (Å²) in [5, 5.41) is 2.74. The van der Waals surface area contributed by atoms with Gasteiger partial charge in [-0.25, -0.2) is 9.18 Å². The summed E-state index contributed by atoms with van der Waals surface area (Å²) < 4.78 is 17.9. The Labute approximate surface area is 140 Å². The molecule has 0 aliphatic carbocycles. The molecular formula is C19H18FNO3. The van der Waals surface area contributed by atoms with Crippen LogP contribution in [0.15, 0.2) is 60.7 Å². The first-order valence-corrected chi connectivity index (χ1v) is 7.49. The van der Waals surface area contributed by atoms with E-state index in [0.29, 0.717) is 5.56 Å². The molecule has 1 unspecified atom stereocenters. The molecule has 0 aliphatic heterocycles. The van der Waals surface area contributed by atoms with E-state index in [1.807, 2.05) is 37.3 Å². The van der Waals surface area contributed by atoms with Crippen molar-refractivity contribution < 1.29 is 18.7 Å². The molecule has 5 heteroatoms. The van der Waals surface area contributed by atoms with Gasteiger partial charge in [-0.3, -0.25) is 4.79 Å². The van der Waals surface area contributed by atoms with E-state index in [9.17, 15) is 14.0 Å². The second-order valence-electron chi connectivity index (χ2n) is 5.20. The van der Waals surface area contributed by atoms with Crippen LogP contribution in [-0.2, 0) is 14.3 Å². The van der Waals surface area contributed by atoms with E-state index in [-0.39, 0.29) is 24.4 Å². The van der Waals surface area contributed by atoms with Crippen molar-refractivity contribution in [2.24, 2.45) is 0 Å². The number of halogens is 1. The summed E-state index contributed by atoms with van der Waals surface area (Å²) in [6.45, 7) is 1.47. The van der Waals surface area contributed by atoms with Crippen molar-refractivity contribution in [3.63, 3.8) is 0 Å². The van der Waals surface area contributed by atoms with Crippen LogP contribution >= 0.6 is 0 Å². The summed E-state index contributed by atoms with van der Waals surface area (Å²) in [6.07, 6.45) is 2.58. The number of benzene rings is 2. The van der Waals surface area contributed by atoms with Crippen LogP contribution in [0.4, 0.5) is 4.39 Å². The fraction of sp³-hybridized carbons (Fsp3) is 0.158. The van der Waals surface area contributed by atoms with Crippen LogP contribution in [0.5, 0.6) is 0 Å². The van der Waals surface area contributed by atoms with Gasteiger partial charge in [-0.2, -0.15) is 0 Å². The molecule has 1 N–H and O–H groups in total. The van der Waals surface area contributed by atoms with Crippen molar-refractivity contribution in [1.82, 2.24) is 5.32 Å². The summed E-state index contributed by atoms with van der Waals surface area (Å²) in [5.74, 6) is -1.44. The van der Waals surface area contributed by atoms with Gasteiger partial charge in [0.15, 0.2) is 6.61 Å². The lowest BCUT2D eigenvalue weighted by Gasteiger charge is -2.13. The quantitative estimate of drug-likeness (QED) is 0.654. The third kappa shape index (κ3) is 5.68. The van der Waals surface area contributed by atoms with Crippen molar-refractivity contribution in [1.29, 1.82) is 0 Å². The van der Waals surface area contributed by atoms with Crippen LogP contribution in [0.3, 0.4) is 0 Å². The maximum atomic E-state index is 13.0. The minimum absolute atomic E-state index is 0.180. The Bertz CT molecular complexity index is 728. The molecule has 0 bridgehead atoms. The molecule has 0 saturated carbocycles. The molecule has 24 heavy (non-hydrogen) atoms. The summed E-state index contributed by atoms with van der Waals surface area (Å²) in [7, 11) is 0. The molecule has 0 heterocycles. The van der Waals surface area contributed by atoms with Crippen LogP contribution in [0.2, 0.25) is 0 Å². The van der Waals surface area contributed by atoms with E-state index < -0.39 is 5.97 Å². The molecule has 1 atom stereocenters. The zero-order valence-corrected chi connectivity index (χ0v) is 13.2. The fourth-order valence-corrected chi connectivity index (χ4v) is 2.07. The molecule has 0 aromatic heterocycles. The molecular weight excluding hydrogens is 309 g/mol. The van der Waals surface area contributed by atoms with Crippen molar-refractivity contribution in [3.8, 4) is 0 Å². The number of amides is 1. The number of rotatable bonds is 6. The van der Waals surface area contributed by atoms with E-state index in [4.69, 9.17) is 4.74 Å². The van der Waals surface area contributed by atoms with E-state index >= 15 is 0 Å². The average molecular weight is 327 g/mol. The monoisotopic (exact) mass is 327 g/mol. The van der Waals surface area contributed by atoms with Crippen LogP contribution in [0, 0.1) is 5.82 Å². The maximum absolute atomic E-state index is 13.0. The van der Waals surface area contributed by atoms with Gasteiger partial charge in [-0.05, 0) is 36.3 Å². The summed E-state index contributed by atoms with van der Waals surface area (Å²) in [5.41, 5.74) is 1.50. The highest BCUT2D eigenvalue weighted by Gasteiger charge is 2.10. The Morgan fingerprint density at radius 3 is 2.62 bits per heavy atom. The molecule has 0 aliphatic rings. The number of hydrogen-bond donors (Lipinski definition) is 1. The van der Waals surface area contributed by atoms with Crippen molar-refractivity contribution >= 4 is 18.0 Å². The van der Waals surface area contributed by atoms with Gasteiger partial charge >= 0.3 is 5.97 Å². The third-order valence-electron chi connectivity index (χ3n) is 3.28. The molecule has 0 fully saturated rings. The van der Waals surface area contributed by atoms with Crippen LogP contribution in [-0.4, -0.2) is 18.5 Å². The maximum Gasteiger partial charge on any atom is 0.331 e. The molecule has 2 aromatic carbocycles. The van der Waals surface area contributed by atoms with Crippen molar-refractivity contribution in [3.05, 3.63) is 77.6 Å². The first-order valence-electron chi connectivity index (χ1n) is 7.49. The van der Waals surface area contributed by atoms with Crippen LogP contribution < -0.4 is 5.32 Å². The van der Waals surface area contributed by atoms with Gasteiger partial charge in [0.2, 0.25) is 0 Å². The number of hydrogen-bond acceptors (Lipinski definition) is 3. The van der Waals surface area contributed by atoms with E-state index in [0.717, 1.165) is 11.6 Å². The second-order valence-corrected chi connectivity index (χ2v) is 5.20. The number of carbonyl (C=O) groups excluding carboxylic acids is 2. The Morgan fingerprint density at radius 1 is 1.17 bits per heavy atom. The van der Waals surface area contributed by atoms with Crippen LogP contribution in [0.25, 0.3) is 6.08 Å². The molecule has 0 saturated heterocycles. The number of carbonyl (C=O) groups is 2. The predicted molar refractivity (Wildman–Crippen MR) is 89.4 cm³/mol. The first-order chi connectivity index (χ1) is 11.5. The first kappa shape index (κ1) is 17.4. The fourth-order valence-electron chi connectivity index (χ4n) is 2.07. The second kappa shape index (κ2) is 8.62. The highest BCUT2D eigenvalue weighted by Crippen LogP contribution is 2.10. The molecule has 1 amide bonds. The normalized spacial score (nSPS) is 11.9. The number of nitrogens with one attached hydrogen (secondary N) is 1. The Kier molecular flexibility index (Phi) is 6.25. The van der Waals surface area contributed by atoms with Crippen molar-refractivity contribution in [2.75, 3.05) is 6.61 Å². The van der Waals surface area contributed by atoms with Gasteiger partial charge in [0.1, 0.15) is 5.82 Å². The minimum Gasteiger partial charge on any atom is -0.452 e. The van der Waals surface area contributed by atoms with Crippen LogP contribution in [0.1, 0.15) is 24.1 Å². The van der Waals surface area contributed by atoms with Gasteiger partial charge in [0, 0.05) is 6.08 Å². The zero-order chi connectivity index (χ0) is 17.4. The highest BCUT2D eigenvalue weighted by atomic mass is 19.1. The summed E-state index contributed by atoms with van der Waals surface area (Å²) in [6, 6.07) is 15.1. The van der Waals surface area contributed by atoms with Gasteiger partial charge in [0.25, 0.3) is 5.91 Å². The standard InChI is InChI=1S/C19H18FNO3/c1-14(16-7-3-2-4-8-16)21-18(22)13-24-19(23)11-10-15-6-5-9-17(20)12-15/h2-12,14H,13H2,1H3,(H,21,22)/b11-10+. The lowest BCUT2D eigenvalue weighted by atomic mass is 10.1. The van der Waals surface area contributed by atoms with Gasteiger partial charge in [0.05, 0.1) is 6.04 Å². The smallest absolute Gasteiger partial charge is 0.331 e. The van der Waals surface area contributed by atoms with Gasteiger partial charge in [-0.15, -0.1) is 0 Å². The van der Waals surface area contributed by atoms with Crippen molar-refractivity contribution in [2.45, 2.75) is 13.0 Å². The molecule has 2 aromatic rings.